The first-order valence-corrected chi connectivity index (χ1v) is 17.5. The minimum absolute atomic E-state index is 0.0296. The molecule has 0 heterocycles. The lowest BCUT2D eigenvalue weighted by Crippen LogP contribution is -2.51. The highest BCUT2D eigenvalue weighted by Gasteiger charge is 2.59. The molecular weight excluding hydrogens is 577 g/mol. The Morgan fingerprint density at radius 2 is 1.76 bits per heavy atom. The summed E-state index contributed by atoms with van der Waals surface area (Å²) in [6, 6.07) is 23.1. The number of aliphatic hydroxyl groups is 1. The number of ether oxygens (including phenoxy) is 1. The fourth-order valence-corrected chi connectivity index (χ4v) is 9.20. The van der Waals surface area contributed by atoms with Crippen molar-refractivity contribution in [2.45, 2.75) is 96.4 Å². The van der Waals surface area contributed by atoms with E-state index in [1.807, 2.05) is 66.4 Å². The second-order valence-electron chi connectivity index (χ2n) is 14.2. The van der Waals surface area contributed by atoms with Crippen LogP contribution in [-0.2, 0) is 13.0 Å². The molecule has 0 radical (unpaired) electrons. The third kappa shape index (κ3) is 6.69. The first-order chi connectivity index (χ1) is 22.3. The molecule has 7 atom stereocenters. The molecule has 6 rings (SSSR count). The zero-order chi connectivity index (χ0) is 32.3. The van der Waals surface area contributed by atoms with Crippen molar-refractivity contribution in [1.82, 2.24) is 4.90 Å². The maximum atomic E-state index is 16.1. The van der Waals surface area contributed by atoms with Gasteiger partial charge in [0.25, 0.3) is 5.91 Å². The molecule has 0 aliphatic heterocycles. The number of phenols is 1. The monoisotopic (exact) mass is 627 g/mol. The van der Waals surface area contributed by atoms with Gasteiger partial charge in [-0.15, -0.1) is 0 Å². The van der Waals surface area contributed by atoms with Gasteiger partial charge < -0.3 is 19.8 Å². The number of benzene rings is 3. The summed E-state index contributed by atoms with van der Waals surface area (Å²) in [5, 5.41) is 21.2. The van der Waals surface area contributed by atoms with Crippen molar-refractivity contribution in [3.63, 3.8) is 0 Å². The Bertz CT molecular complexity index is 1460. The van der Waals surface area contributed by atoms with E-state index >= 15 is 4.39 Å². The Balaban J connectivity index is 1.09. The molecule has 3 aromatic carbocycles. The number of nitrogens with zero attached hydrogens (tertiary/aromatic N) is 1. The van der Waals surface area contributed by atoms with Crippen LogP contribution in [0.2, 0.25) is 0 Å². The minimum Gasteiger partial charge on any atom is -0.508 e. The molecule has 2 N–H and O–H groups in total. The summed E-state index contributed by atoms with van der Waals surface area (Å²) in [4.78, 5) is 15.5. The Hall–Kier alpha value is -3.38. The van der Waals surface area contributed by atoms with Gasteiger partial charge in [-0.3, -0.25) is 4.79 Å². The summed E-state index contributed by atoms with van der Waals surface area (Å²) in [5.74, 6) is 1.77. The number of fused-ring (bicyclic) bond motifs is 5. The third-order valence-electron chi connectivity index (χ3n) is 11.4. The predicted octanol–water partition coefficient (Wildman–Crippen LogP) is 8.48. The van der Waals surface area contributed by atoms with Crippen LogP contribution in [0.25, 0.3) is 0 Å². The van der Waals surface area contributed by atoms with E-state index in [2.05, 4.69) is 19.1 Å². The van der Waals surface area contributed by atoms with E-state index < -0.39 is 12.3 Å². The summed E-state index contributed by atoms with van der Waals surface area (Å²) in [6.45, 7) is 5.91. The molecule has 0 spiro atoms. The quantitative estimate of drug-likeness (QED) is 0.198. The number of phenolic OH excluding ortho intramolecular Hbond substituents is 1. The molecule has 5 nitrogen and oxygen atoms in total. The van der Waals surface area contributed by atoms with Crippen LogP contribution >= 0.6 is 0 Å². The number of unbranched alkanes of at least 4 members (excludes halogenated alkanes) is 3. The van der Waals surface area contributed by atoms with Crippen molar-refractivity contribution >= 4 is 5.91 Å². The van der Waals surface area contributed by atoms with Crippen LogP contribution < -0.4 is 4.74 Å². The maximum absolute atomic E-state index is 16.1. The van der Waals surface area contributed by atoms with Crippen molar-refractivity contribution in [1.29, 1.82) is 0 Å². The molecule has 3 aliphatic carbocycles. The molecule has 2 fully saturated rings. The van der Waals surface area contributed by atoms with Crippen LogP contribution in [0.3, 0.4) is 0 Å². The van der Waals surface area contributed by atoms with Crippen LogP contribution in [0.4, 0.5) is 4.39 Å². The zero-order valence-corrected chi connectivity index (χ0v) is 27.4. The normalized spacial score (nSPS) is 28.2. The lowest BCUT2D eigenvalue weighted by Gasteiger charge is -2.54. The fourth-order valence-electron chi connectivity index (χ4n) is 9.20. The number of amides is 1. The minimum atomic E-state index is -0.978. The summed E-state index contributed by atoms with van der Waals surface area (Å²) in [6.07, 6.45) is 6.67. The largest absolute Gasteiger partial charge is 0.508 e. The SMILES string of the molecule is CCOc1ccc(C(=O)N(CCCCCC[C@@H]2Cc3cc(O)ccc3[C@@H]3[C@@H]2[C@@H]2CC[C@H](O)[C@@]2(C)C[C@@H]3F)Cc2ccccc2)cc1. The van der Waals surface area contributed by atoms with E-state index in [4.69, 9.17) is 4.74 Å². The highest BCUT2D eigenvalue weighted by Crippen LogP contribution is 2.63. The fraction of sp³-hybridized carbons (Fsp3) is 0.525. The van der Waals surface area contributed by atoms with Crippen molar-refractivity contribution in [2.75, 3.05) is 13.2 Å². The van der Waals surface area contributed by atoms with Gasteiger partial charge in [0.2, 0.25) is 0 Å². The molecule has 3 aliphatic rings. The van der Waals surface area contributed by atoms with Gasteiger partial charge in [-0.25, -0.2) is 4.39 Å². The number of carbonyl (C=O) groups is 1. The highest BCUT2D eigenvalue weighted by atomic mass is 19.1. The van der Waals surface area contributed by atoms with Gasteiger partial charge in [-0.2, -0.15) is 0 Å². The second kappa shape index (κ2) is 14.2. The van der Waals surface area contributed by atoms with Crippen LogP contribution in [0.5, 0.6) is 11.5 Å². The van der Waals surface area contributed by atoms with E-state index in [-0.39, 0.29) is 28.9 Å². The number of alkyl halides is 1. The average Bonchev–Trinajstić information content (AvgIpc) is 3.35. The number of aliphatic hydroxyl groups excluding tert-OH is 1. The highest BCUT2D eigenvalue weighted by molar-refractivity contribution is 5.94. The Kier molecular flexibility index (Phi) is 10.0. The molecule has 0 bridgehead atoms. The van der Waals surface area contributed by atoms with Gasteiger partial charge in [0.05, 0.1) is 12.7 Å². The van der Waals surface area contributed by atoms with E-state index in [9.17, 15) is 15.0 Å². The maximum Gasteiger partial charge on any atom is 0.254 e. The Morgan fingerprint density at radius 3 is 2.52 bits per heavy atom. The number of hydrogen-bond acceptors (Lipinski definition) is 4. The number of hydrogen-bond donors (Lipinski definition) is 2. The topological polar surface area (TPSA) is 70.0 Å². The molecule has 46 heavy (non-hydrogen) atoms. The van der Waals surface area contributed by atoms with Gasteiger partial charge in [0.15, 0.2) is 0 Å². The Morgan fingerprint density at radius 1 is 1.00 bits per heavy atom. The van der Waals surface area contributed by atoms with E-state index in [1.54, 1.807) is 6.07 Å². The van der Waals surface area contributed by atoms with Gasteiger partial charge in [0.1, 0.15) is 17.7 Å². The third-order valence-corrected chi connectivity index (χ3v) is 11.4. The van der Waals surface area contributed by atoms with E-state index in [1.165, 1.54) is 0 Å². The molecule has 0 saturated heterocycles. The first kappa shape index (κ1) is 32.6. The first-order valence-electron chi connectivity index (χ1n) is 17.5. The number of rotatable bonds is 12. The molecule has 246 valence electrons. The van der Waals surface area contributed by atoms with Crippen LogP contribution in [-0.4, -0.2) is 46.4 Å². The molecule has 0 aromatic heterocycles. The number of aromatic hydroxyl groups is 1. The van der Waals surface area contributed by atoms with Crippen molar-refractivity contribution in [3.8, 4) is 11.5 Å². The summed E-state index contributed by atoms with van der Waals surface area (Å²) in [5.41, 5.74) is 3.60. The van der Waals surface area contributed by atoms with Gasteiger partial charge in [-0.05, 0) is 122 Å². The molecular formula is C40H50FNO4. The van der Waals surface area contributed by atoms with Crippen LogP contribution in [0.15, 0.2) is 72.8 Å². The lowest BCUT2D eigenvalue weighted by atomic mass is 9.51. The van der Waals surface area contributed by atoms with Crippen molar-refractivity contribution in [3.05, 3.63) is 95.1 Å². The smallest absolute Gasteiger partial charge is 0.254 e. The van der Waals surface area contributed by atoms with Gasteiger partial charge in [-0.1, -0.05) is 62.6 Å². The second-order valence-corrected chi connectivity index (χ2v) is 14.2. The summed E-state index contributed by atoms with van der Waals surface area (Å²) < 4.78 is 21.6. The molecule has 2 saturated carbocycles. The molecule has 0 unspecified atom stereocenters. The standard InChI is InChI=1S/C40H50FNO4/c1-3-46-32-17-14-28(15-18-32)39(45)42(26-27-11-7-6-8-12-27)22-10-5-4-9-13-29-23-30-24-31(43)16-19-33(30)38-35(41)25-40(2)34(37(29)38)20-21-36(40)44/h6-8,11-12,14-19,24,29,34-38,43-44H,3-5,9-10,13,20-23,25-26H2,1-2H3/t29-,34+,35+,36+,37+,38+,40+/m1/s1. The predicted molar refractivity (Wildman–Crippen MR) is 180 cm³/mol. The number of halogens is 1. The van der Waals surface area contributed by atoms with Gasteiger partial charge >= 0.3 is 0 Å². The van der Waals surface area contributed by atoms with Crippen LogP contribution in [0, 0.1) is 23.2 Å². The Labute approximate surface area is 273 Å². The molecule has 1 amide bonds. The van der Waals surface area contributed by atoms with Crippen LogP contribution in [0.1, 0.15) is 98.2 Å². The summed E-state index contributed by atoms with van der Waals surface area (Å²) in [7, 11) is 0. The van der Waals surface area contributed by atoms with Crippen molar-refractivity contribution in [2.24, 2.45) is 23.2 Å². The average molecular weight is 628 g/mol. The van der Waals surface area contributed by atoms with Crippen molar-refractivity contribution < 1.29 is 24.1 Å². The lowest BCUT2D eigenvalue weighted by molar-refractivity contribution is -0.0722. The summed E-state index contributed by atoms with van der Waals surface area (Å²) >= 11 is 0. The molecule has 3 aromatic rings. The van der Waals surface area contributed by atoms with Gasteiger partial charge in [0, 0.05) is 24.6 Å². The zero-order valence-electron chi connectivity index (χ0n) is 27.4. The van der Waals surface area contributed by atoms with E-state index in [0.717, 1.165) is 73.8 Å². The number of carbonyl (C=O) groups excluding carboxylic acids is 1. The van der Waals surface area contributed by atoms with E-state index in [0.29, 0.717) is 43.5 Å². The molecule has 6 heteroatoms.